The van der Waals surface area contributed by atoms with Crippen molar-refractivity contribution in [1.29, 1.82) is 0 Å². The van der Waals surface area contributed by atoms with E-state index in [1.807, 2.05) is 36.4 Å². The Kier molecular flexibility index (Phi) is 5.21. The molecule has 140 valence electrons. The van der Waals surface area contributed by atoms with Crippen molar-refractivity contribution in [2.24, 2.45) is 10.9 Å². The number of rotatable bonds is 5. The van der Waals surface area contributed by atoms with E-state index in [0.29, 0.717) is 19.5 Å². The number of hydrogen-bond acceptors (Lipinski definition) is 5. The zero-order valence-electron chi connectivity index (χ0n) is 15.5. The summed E-state index contributed by atoms with van der Waals surface area (Å²) in [5.41, 5.74) is 2.32. The van der Waals surface area contributed by atoms with Crippen LogP contribution in [0.3, 0.4) is 0 Å². The van der Waals surface area contributed by atoms with Gasteiger partial charge in [-0.05, 0) is 17.5 Å². The van der Waals surface area contributed by atoms with E-state index < -0.39 is 0 Å². The van der Waals surface area contributed by atoms with E-state index in [9.17, 15) is 4.79 Å². The summed E-state index contributed by atoms with van der Waals surface area (Å²) >= 11 is 0. The minimum Gasteiger partial charge on any atom is -0.471 e. The Morgan fingerprint density at radius 1 is 1.15 bits per heavy atom. The molecule has 2 heterocycles. The molecule has 1 fully saturated rings. The van der Waals surface area contributed by atoms with Gasteiger partial charge in [-0.15, -0.1) is 0 Å². The van der Waals surface area contributed by atoms with Gasteiger partial charge < -0.3 is 9.47 Å². The highest BCUT2D eigenvalue weighted by molar-refractivity contribution is 5.84. The van der Waals surface area contributed by atoms with Gasteiger partial charge in [-0.3, -0.25) is 14.7 Å². The van der Waals surface area contributed by atoms with Gasteiger partial charge in [0.1, 0.15) is 12.1 Å². The van der Waals surface area contributed by atoms with Crippen LogP contribution in [0.2, 0.25) is 0 Å². The van der Waals surface area contributed by atoms with Gasteiger partial charge in [0.15, 0.2) is 5.90 Å². The van der Waals surface area contributed by atoms with Crippen LogP contribution >= 0.6 is 0 Å². The molecule has 0 bridgehead atoms. The van der Waals surface area contributed by atoms with E-state index in [0.717, 1.165) is 18.0 Å². The van der Waals surface area contributed by atoms with Crippen molar-refractivity contribution in [2.75, 3.05) is 20.2 Å². The first-order chi connectivity index (χ1) is 13.2. The summed E-state index contributed by atoms with van der Waals surface area (Å²) in [6.07, 6.45) is 0.654. The van der Waals surface area contributed by atoms with Crippen molar-refractivity contribution < 1.29 is 14.3 Å². The molecule has 0 aromatic heterocycles. The van der Waals surface area contributed by atoms with E-state index in [-0.39, 0.29) is 24.0 Å². The van der Waals surface area contributed by atoms with E-state index >= 15 is 0 Å². The molecule has 0 spiro atoms. The molecule has 0 radical (unpaired) electrons. The zero-order valence-corrected chi connectivity index (χ0v) is 15.5. The average Bonchev–Trinajstić information content (AvgIpc) is 3.36. The molecule has 0 amide bonds. The number of carbonyl (C=O) groups is 1. The first-order valence-electron chi connectivity index (χ1n) is 9.36. The summed E-state index contributed by atoms with van der Waals surface area (Å²) in [5.74, 6) is 0.700. The molecule has 5 nitrogen and oxygen atoms in total. The topological polar surface area (TPSA) is 51.1 Å². The first kappa shape index (κ1) is 17.7. The van der Waals surface area contributed by atoms with Crippen molar-refractivity contribution >= 4 is 11.9 Å². The minimum absolute atomic E-state index is 0.0269. The Morgan fingerprint density at radius 3 is 2.56 bits per heavy atom. The molecule has 3 atom stereocenters. The molecule has 4 rings (SSSR count). The van der Waals surface area contributed by atoms with E-state index in [2.05, 4.69) is 34.2 Å². The summed E-state index contributed by atoms with van der Waals surface area (Å²) in [6.45, 7) is 2.10. The minimum atomic E-state index is -0.262. The normalized spacial score (nSPS) is 25.1. The second-order valence-electron chi connectivity index (χ2n) is 7.08. The summed E-state index contributed by atoms with van der Waals surface area (Å²) in [5, 5.41) is 0. The molecule has 27 heavy (non-hydrogen) atoms. The van der Waals surface area contributed by atoms with Crippen molar-refractivity contribution in [2.45, 2.75) is 25.1 Å². The van der Waals surface area contributed by atoms with Gasteiger partial charge in [0.05, 0.1) is 13.7 Å². The Morgan fingerprint density at radius 2 is 1.85 bits per heavy atom. The van der Waals surface area contributed by atoms with Crippen LogP contribution in [-0.4, -0.2) is 43.0 Å². The fourth-order valence-corrected chi connectivity index (χ4v) is 3.92. The lowest BCUT2D eigenvalue weighted by Gasteiger charge is -2.22. The third kappa shape index (κ3) is 3.88. The SMILES string of the molecule is COC(=O)[C@@H]1C[C@@H](C2=NCC(c3ccccc3)O2)CN1Cc1ccccc1. The molecule has 0 N–H and O–H groups in total. The number of methoxy groups -OCH3 is 1. The number of carbonyl (C=O) groups excluding carboxylic acids is 1. The van der Waals surface area contributed by atoms with Gasteiger partial charge in [0.25, 0.3) is 0 Å². The van der Waals surface area contributed by atoms with Gasteiger partial charge >= 0.3 is 5.97 Å². The smallest absolute Gasteiger partial charge is 0.323 e. The number of hydrogen-bond donors (Lipinski definition) is 0. The van der Waals surface area contributed by atoms with Crippen LogP contribution in [0.4, 0.5) is 0 Å². The van der Waals surface area contributed by atoms with E-state index in [4.69, 9.17) is 9.47 Å². The number of esters is 1. The summed E-state index contributed by atoms with van der Waals surface area (Å²) in [6, 6.07) is 20.1. The number of aliphatic imine (C=N–C) groups is 1. The Labute approximate surface area is 159 Å². The third-order valence-corrected chi connectivity index (χ3v) is 5.30. The molecule has 1 unspecified atom stereocenters. The van der Waals surface area contributed by atoms with Gasteiger partial charge in [0.2, 0.25) is 0 Å². The fourth-order valence-electron chi connectivity index (χ4n) is 3.92. The van der Waals surface area contributed by atoms with Crippen LogP contribution in [0.15, 0.2) is 65.7 Å². The van der Waals surface area contributed by atoms with Gasteiger partial charge in [-0.2, -0.15) is 0 Å². The van der Waals surface area contributed by atoms with Crippen LogP contribution in [0.1, 0.15) is 23.7 Å². The van der Waals surface area contributed by atoms with Crippen molar-refractivity contribution in [3.05, 3.63) is 71.8 Å². The van der Waals surface area contributed by atoms with E-state index in [1.54, 1.807) is 0 Å². The Balaban J connectivity index is 1.45. The highest BCUT2D eigenvalue weighted by Gasteiger charge is 2.42. The van der Waals surface area contributed by atoms with Crippen molar-refractivity contribution in [3.63, 3.8) is 0 Å². The van der Waals surface area contributed by atoms with Crippen LogP contribution < -0.4 is 0 Å². The molecule has 2 aromatic rings. The van der Waals surface area contributed by atoms with Crippen molar-refractivity contribution in [1.82, 2.24) is 4.90 Å². The Bertz CT molecular complexity index is 807. The lowest BCUT2D eigenvalue weighted by Crippen LogP contribution is -2.36. The first-order valence-corrected chi connectivity index (χ1v) is 9.36. The summed E-state index contributed by atoms with van der Waals surface area (Å²) in [7, 11) is 1.45. The maximum Gasteiger partial charge on any atom is 0.323 e. The zero-order chi connectivity index (χ0) is 18.6. The number of ether oxygens (including phenoxy) is 2. The van der Waals surface area contributed by atoms with Gasteiger partial charge in [0, 0.05) is 19.0 Å². The highest BCUT2D eigenvalue weighted by Crippen LogP contribution is 2.32. The predicted molar refractivity (Wildman–Crippen MR) is 103 cm³/mol. The van der Waals surface area contributed by atoms with Crippen molar-refractivity contribution in [3.8, 4) is 0 Å². The summed E-state index contributed by atoms with van der Waals surface area (Å²) < 4.78 is 11.2. The molecule has 2 aliphatic heterocycles. The van der Waals surface area contributed by atoms with Crippen LogP contribution in [0.5, 0.6) is 0 Å². The lowest BCUT2D eigenvalue weighted by atomic mass is 10.1. The number of benzene rings is 2. The molecular formula is C22H24N2O3. The molecule has 0 aliphatic carbocycles. The summed E-state index contributed by atoms with van der Waals surface area (Å²) in [4.78, 5) is 19.1. The average molecular weight is 364 g/mol. The molecular weight excluding hydrogens is 340 g/mol. The number of likely N-dealkylation sites (tertiary alicyclic amines) is 1. The molecule has 2 aliphatic rings. The second kappa shape index (κ2) is 7.92. The van der Waals surface area contributed by atoms with Crippen LogP contribution in [0.25, 0.3) is 0 Å². The Hall–Kier alpha value is -2.66. The molecule has 1 saturated heterocycles. The molecule has 2 aromatic carbocycles. The molecule has 5 heteroatoms. The van der Waals surface area contributed by atoms with Gasteiger partial charge in [-0.25, -0.2) is 0 Å². The second-order valence-corrected chi connectivity index (χ2v) is 7.08. The maximum atomic E-state index is 12.3. The van der Waals surface area contributed by atoms with Gasteiger partial charge in [-0.1, -0.05) is 60.7 Å². The quantitative estimate of drug-likeness (QED) is 0.765. The van der Waals surface area contributed by atoms with Crippen LogP contribution in [-0.2, 0) is 20.8 Å². The fraction of sp³-hybridized carbons (Fsp3) is 0.364. The van der Waals surface area contributed by atoms with Crippen LogP contribution in [0, 0.1) is 5.92 Å². The lowest BCUT2D eigenvalue weighted by molar-refractivity contribution is -0.146. The third-order valence-electron chi connectivity index (χ3n) is 5.30. The predicted octanol–water partition coefficient (Wildman–Crippen LogP) is 3.22. The monoisotopic (exact) mass is 364 g/mol. The standard InChI is InChI=1S/C22H24N2O3/c1-26-22(25)19-12-18(15-24(19)14-16-8-4-2-5-9-16)21-23-13-20(27-21)17-10-6-3-7-11-17/h2-11,18-20H,12-15H2,1H3/t18-,19+,20?/m1/s1. The maximum absolute atomic E-state index is 12.3. The van der Waals surface area contributed by atoms with E-state index in [1.165, 1.54) is 12.7 Å². The number of nitrogens with zero attached hydrogens (tertiary/aromatic N) is 2. The largest absolute Gasteiger partial charge is 0.471 e. The molecule has 0 saturated carbocycles. The highest BCUT2D eigenvalue weighted by atomic mass is 16.5.